The summed E-state index contributed by atoms with van der Waals surface area (Å²) in [6.07, 6.45) is 4.94. The first-order valence-corrected chi connectivity index (χ1v) is 7.58. The number of rotatable bonds is 5. The van der Waals surface area contributed by atoms with Crippen molar-refractivity contribution in [3.8, 4) is 0 Å². The van der Waals surface area contributed by atoms with Crippen LogP contribution in [0.25, 0.3) is 0 Å². The molecule has 2 fully saturated rings. The van der Waals surface area contributed by atoms with Crippen LogP contribution in [-0.4, -0.2) is 65.2 Å². The molecule has 0 aromatic carbocycles. The third kappa shape index (κ3) is 3.68. The number of piperidine rings is 1. The molecule has 5 nitrogen and oxygen atoms in total. The van der Waals surface area contributed by atoms with Gasteiger partial charge in [-0.25, -0.2) is 0 Å². The van der Waals surface area contributed by atoms with Gasteiger partial charge in [-0.05, 0) is 38.8 Å². The van der Waals surface area contributed by atoms with Crippen LogP contribution in [0.15, 0.2) is 0 Å². The number of hydrogen-bond donors (Lipinski definition) is 2. The number of likely N-dealkylation sites (tertiary alicyclic amines) is 2. The van der Waals surface area contributed by atoms with Crippen LogP contribution in [0.4, 0.5) is 0 Å². The van der Waals surface area contributed by atoms with Crippen molar-refractivity contribution < 1.29 is 9.90 Å². The maximum Gasteiger partial charge on any atom is 0.320 e. The lowest BCUT2D eigenvalue weighted by molar-refractivity contribution is -0.143. The molecule has 110 valence electrons. The van der Waals surface area contributed by atoms with E-state index >= 15 is 0 Å². The second kappa shape index (κ2) is 6.68. The van der Waals surface area contributed by atoms with E-state index in [2.05, 4.69) is 16.7 Å². The number of nitrogens with two attached hydrogens (primary N) is 1. The summed E-state index contributed by atoms with van der Waals surface area (Å²) in [4.78, 5) is 16.0. The van der Waals surface area contributed by atoms with Crippen molar-refractivity contribution in [2.45, 2.75) is 57.2 Å². The molecule has 2 saturated heterocycles. The molecule has 2 aliphatic rings. The Balaban J connectivity index is 1.86. The average Bonchev–Trinajstić information content (AvgIpc) is 2.85. The van der Waals surface area contributed by atoms with Crippen molar-refractivity contribution in [3.05, 3.63) is 0 Å². The number of nitrogens with zero attached hydrogens (tertiary/aromatic N) is 2. The Morgan fingerprint density at radius 2 is 2.00 bits per heavy atom. The molecular formula is C14H27N3O2. The lowest BCUT2D eigenvalue weighted by Crippen LogP contribution is -2.47. The predicted octanol–water partition coefficient (Wildman–Crippen LogP) is 0.737. The fourth-order valence-corrected chi connectivity index (χ4v) is 3.37. The van der Waals surface area contributed by atoms with Crippen molar-refractivity contribution >= 4 is 5.97 Å². The van der Waals surface area contributed by atoms with Gasteiger partial charge in [-0.15, -0.1) is 0 Å². The molecular weight excluding hydrogens is 242 g/mol. The average molecular weight is 269 g/mol. The largest absolute Gasteiger partial charge is 0.480 e. The van der Waals surface area contributed by atoms with Crippen LogP contribution in [0.2, 0.25) is 0 Å². The minimum Gasteiger partial charge on any atom is -0.480 e. The summed E-state index contributed by atoms with van der Waals surface area (Å²) in [5, 5.41) is 9.32. The first-order chi connectivity index (χ1) is 9.11. The molecule has 2 rings (SSSR count). The van der Waals surface area contributed by atoms with Crippen molar-refractivity contribution in [3.63, 3.8) is 0 Å². The lowest BCUT2D eigenvalue weighted by atomic mass is 10.0. The number of carboxylic acid groups (broad SMARTS) is 1. The Morgan fingerprint density at radius 3 is 2.58 bits per heavy atom. The Hall–Kier alpha value is -0.650. The van der Waals surface area contributed by atoms with Gasteiger partial charge in [0.15, 0.2) is 0 Å². The minimum absolute atomic E-state index is 0.290. The van der Waals surface area contributed by atoms with Gasteiger partial charge in [-0.2, -0.15) is 0 Å². The second-order valence-electron chi connectivity index (χ2n) is 5.95. The number of hydrogen-bond acceptors (Lipinski definition) is 4. The van der Waals surface area contributed by atoms with Crippen LogP contribution in [0.3, 0.4) is 0 Å². The van der Waals surface area contributed by atoms with Gasteiger partial charge < -0.3 is 10.8 Å². The van der Waals surface area contributed by atoms with E-state index in [1.165, 1.54) is 0 Å². The molecule has 2 atom stereocenters. The topological polar surface area (TPSA) is 69.8 Å². The van der Waals surface area contributed by atoms with Gasteiger partial charge in [0.2, 0.25) is 0 Å². The molecule has 19 heavy (non-hydrogen) atoms. The summed E-state index contributed by atoms with van der Waals surface area (Å²) in [6.45, 7) is 6.03. The van der Waals surface area contributed by atoms with E-state index in [4.69, 9.17) is 5.73 Å². The molecule has 0 bridgehead atoms. The summed E-state index contributed by atoms with van der Waals surface area (Å²) in [5.41, 5.74) is 5.94. The molecule has 0 amide bonds. The van der Waals surface area contributed by atoms with Gasteiger partial charge in [0.1, 0.15) is 6.04 Å². The fraction of sp³-hybridized carbons (Fsp3) is 0.929. The molecule has 0 aromatic rings. The quantitative estimate of drug-likeness (QED) is 0.770. The summed E-state index contributed by atoms with van der Waals surface area (Å²) in [6, 6.07) is 0.605. The first kappa shape index (κ1) is 14.8. The zero-order valence-corrected chi connectivity index (χ0v) is 11.9. The summed E-state index contributed by atoms with van der Waals surface area (Å²) in [7, 11) is 0. The smallest absolute Gasteiger partial charge is 0.320 e. The Bertz CT molecular complexity index is 303. The number of carbonyl (C=O) groups is 1. The van der Waals surface area contributed by atoms with Gasteiger partial charge in [0.25, 0.3) is 0 Å². The highest BCUT2D eigenvalue weighted by Gasteiger charge is 2.35. The van der Waals surface area contributed by atoms with Crippen LogP contribution in [0, 0.1) is 0 Å². The molecule has 0 aromatic heterocycles. The van der Waals surface area contributed by atoms with Crippen molar-refractivity contribution in [1.82, 2.24) is 9.80 Å². The molecule has 3 N–H and O–H groups in total. The minimum atomic E-state index is -0.664. The fourth-order valence-electron chi connectivity index (χ4n) is 3.37. The normalized spacial score (nSPS) is 28.6. The monoisotopic (exact) mass is 269 g/mol. The molecule has 2 unspecified atom stereocenters. The lowest BCUT2D eigenvalue weighted by Gasteiger charge is -2.35. The van der Waals surface area contributed by atoms with Gasteiger partial charge in [-0.3, -0.25) is 14.6 Å². The third-order valence-electron chi connectivity index (χ3n) is 4.57. The van der Waals surface area contributed by atoms with E-state index in [-0.39, 0.29) is 6.04 Å². The van der Waals surface area contributed by atoms with E-state index in [0.717, 1.165) is 58.3 Å². The highest BCUT2D eigenvalue weighted by Crippen LogP contribution is 2.22. The van der Waals surface area contributed by atoms with E-state index in [1.54, 1.807) is 0 Å². The highest BCUT2D eigenvalue weighted by molar-refractivity contribution is 5.73. The van der Waals surface area contributed by atoms with Gasteiger partial charge in [-0.1, -0.05) is 13.3 Å². The molecule has 2 aliphatic heterocycles. The zero-order valence-electron chi connectivity index (χ0n) is 11.9. The summed E-state index contributed by atoms with van der Waals surface area (Å²) < 4.78 is 0. The summed E-state index contributed by atoms with van der Waals surface area (Å²) >= 11 is 0. The Kier molecular flexibility index (Phi) is 5.19. The molecule has 0 spiro atoms. The molecule has 2 heterocycles. The molecule has 0 radical (unpaired) electrons. The van der Waals surface area contributed by atoms with Crippen LogP contribution in [0.5, 0.6) is 0 Å². The van der Waals surface area contributed by atoms with Crippen molar-refractivity contribution in [1.29, 1.82) is 0 Å². The van der Waals surface area contributed by atoms with E-state index in [9.17, 15) is 9.90 Å². The van der Waals surface area contributed by atoms with E-state index in [0.29, 0.717) is 12.1 Å². The number of carboxylic acids is 1. The maximum absolute atomic E-state index is 11.3. The second-order valence-corrected chi connectivity index (χ2v) is 5.95. The van der Waals surface area contributed by atoms with Gasteiger partial charge in [0, 0.05) is 25.2 Å². The SMILES string of the molecule is CCCC(C(=O)O)N1CCC(N2CCC(N)CC2)C1. The van der Waals surface area contributed by atoms with Gasteiger partial charge in [0.05, 0.1) is 0 Å². The van der Waals surface area contributed by atoms with Crippen molar-refractivity contribution in [2.24, 2.45) is 5.73 Å². The van der Waals surface area contributed by atoms with Crippen molar-refractivity contribution in [2.75, 3.05) is 26.2 Å². The third-order valence-corrected chi connectivity index (χ3v) is 4.57. The molecule has 0 saturated carbocycles. The number of aliphatic carboxylic acids is 1. The van der Waals surface area contributed by atoms with Crippen LogP contribution in [0.1, 0.15) is 39.0 Å². The van der Waals surface area contributed by atoms with Crippen LogP contribution < -0.4 is 5.73 Å². The Labute approximate surface area is 115 Å². The van der Waals surface area contributed by atoms with E-state index in [1.807, 2.05) is 0 Å². The van der Waals surface area contributed by atoms with Crippen LogP contribution in [-0.2, 0) is 4.79 Å². The highest BCUT2D eigenvalue weighted by atomic mass is 16.4. The molecule has 5 heteroatoms. The maximum atomic E-state index is 11.3. The zero-order chi connectivity index (χ0) is 13.8. The Morgan fingerprint density at radius 1 is 1.32 bits per heavy atom. The van der Waals surface area contributed by atoms with Crippen LogP contribution >= 0.6 is 0 Å². The first-order valence-electron chi connectivity index (χ1n) is 7.58. The van der Waals surface area contributed by atoms with E-state index < -0.39 is 5.97 Å². The molecule has 0 aliphatic carbocycles. The predicted molar refractivity (Wildman–Crippen MR) is 75.1 cm³/mol. The summed E-state index contributed by atoms with van der Waals surface area (Å²) in [5.74, 6) is -0.664. The standard InChI is InChI=1S/C14H27N3O2/c1-2-3-13(14(18)19)17-9-6-12(10-17)16-7-4-11(15)5-8-16/h11-13H,2-10,15H2,1H3,(H,18,19). The van der Waals surface area contributed by atoms with Gasteiger partial charge >= 0.3 is 5.97 Å².